The van der Waals surface area contributed by atoms with Crippen molar-refractivity contribution in [2.45, 2.75) is 33.1 Å². The zero-order chi connectivity index (χ0) is 15.8. The lowest BCUT2D eigenvalue weighted by Crippen LogP contribution is -2.44. The summed E-state index contributed by atoms with van der Waals surface area (Å²) in [5, 5.41) is 3.11. The van der Waals surface area contributed by atoms with E-state index in [-0.39, 0.29) is 12.0 Å². The Hall–Kier alpha value is -1.75. The summed E-state index contributed by atoms with van der Waals surface area (Å²) in [4.78, 5) is 17.8. The van der Waals surface area contributed by atoms with Gasteiger partial charge in [-0.15, -0.1) is 0 Å². The van der Waals surface area contributed by atoms with E-state index in [1.807, 2.05) is 19.1 Å². The van der Waals surface area contributed by atoms with Gasteiger partial charge < -0.3 is 5.73 Å². The quantitative estimate of drug-likeness (QED) is 0.498. The molecule has 6 heteroatoms. The Kier molecular flexibility index (Phi) is 7.02. The molecule has 0 saturated carbocycles. The molecule has 0 spiro atoms. The molecule has 0 unspecified atom stereocenters. The number of anilines is 1. The molecule has 0 atom stereocenters. The lowest BCUT2D eigenvalue weighted by Gasteiger charge is -2.21. The summed E-state index contributed by atoms with van der Waals surface area (Å²) >= 11 is 6.20. The van der Waals surface area contributed by atoms with Gasteiger partial charge in [0.15, 0.2) is 5.96 Å². The summed E-state index contributed by atoms with van der Waals surface area (Å²) in [5.41, 5.74) is 7.39. The number of unbranched alkanes of at least 4 members (excludes halogenated alkanes) is 1. The number of aliphatic imine (C=N–C) groups is 1. The Morgan fingerprint density at radius 1 is 1.43 bits per heavy atom. The fourth-order valence-corrected chi connectivity index (χ4v) is 2.23. The fourth-order valence-electron chi connectivity index (χ4n) is 1.91. The molecule has 2 amide bonds. The van der Waals surface area contributed by atoms with Crippen molar-refractivity contribution >= 4 is 29.3 Å². The SMILES string of the molecule is CCCCN=C(N)NC(=O)N(C)c1c(Cl)cccc1CC. The van der Waals surface area contributed by atoms with Crippen molar-refractivity contribution in [1.29, 1.82) is 0 Å². The third kappa shape index (κ3) is 4.93. The van der Waals surface area contributed by atoms with Crippen LogP contribution in [0.2, 0.25) is 5.02 Å². The number of guanidine groups is 1. The average Bonchev–Trinajstić information content (AvgIpc) is 2.46. The molecule has 0 aromatic heterocycles. The van der Waals surface area contributed by atoms with Gasteiger partial charge in [-0.2, -0.15) is 0 Å². The topological polar surface area (TPSA) is 70.7 Å². The van der Waals surface area contributed by atoms with Crippen molar-refractivity contribution < 1.29 is 4.79 Å². The Labute approximate surface area is 131 Å². The first kappa shape index (κ1) is 17.3. The van der Waals surface area contributed by atoms with Gasteiger partial charge in [-0.1, -0.05) is 44.0 Å². The summed E-state index contributed by atoms with van der Waals surface area (Å²) in [6, 6.07) is 5.23. The van der Waals surface area contributed by atoms with Crippen LogP contribution in [0.5, 0.6) is 0 Å². The smallest absolute Gasteiger partial charge is 0.328 e. The normalized spacial score (nSPS) is 11.3. The number of hydrogen-bond acceptors (Lipinski definition) is 2. The van der Waals surface area contributed by atoms with Gasteiger partial charge in [0.2, 0.25) is 0 Å². The minimum absolute atomic E-state index is 0.130. The van der Waals surface area contributed by atoms with Gasteiger partial charge in [0.25, 0.3) is 0 Å². The lowest BCUT2D eigenvalue weighted by molar-refractivity contribution is 0.251. The van der Waals surface area contributed by atoms with Crippen molar-refractivity contribution in [3.05, 3.63) is 28.8 Å². The van der Waals surface area contributed by atoms with Crippen molar-refractivity contribution in [3.63, 3.8) is 0 Å². The first-order valence-corrected chi connectivity index (χ1v) is 7.51. The predicted molar refractivity (Wildman–Crippen MR) is 89.2 cm³/mol. The van der Waals surface area contributed by atoms with Gasteiger partial charge in [-0.3, -0.25) is 15.2 Å². The van der Waals surface area contributed by atoms with E-state index in [0.29, 0.717) is 17.3 Å². The minimum Gasteiger partial charge on any atom is -0.370 e. The Morgan fingerprint density at radius 3 is 2.76 bits per heavy atom. The summed E-state index contributed by atoms with van der Waals surface area (Å²) in [7, 11) is 1.66. The molecule has 3 N–H and O–H groups in total. The molecule has 5 nitrogen and oxygen atoms in total. The molecule has 1 aromatic rings. The van der Waals surface area contributed by atoms with E-state index in [1.54, 1.807) is 13.1 Å². The van der Waals surface area contributed by atoms with E-state index in [1.165, 1.54) is 4.90 Å². The molecule has 0 saturated heterocycles. The number of hydrogen-bond donors (Lipinski definition) is 2. The Bertz CT molecular complexity index is 516. The van der Waals surface area contributed by atoms with Crippen LogP contribution < -0.4 is 16.0 Å². The highest BCUT2D eigenvalue weighted by Crippen LogP contribution is 2.29. The van der Waals surface area contributed by atoms with Crippen LogP contribution in [0, 0.1) is 0 Å². The lowest BCUT2D eigenvalue weighted by atomic mass is 10.1. The summed E-state index contributed by atoms with van der Waals surface area (Å²) in [5.74, 6) is 0.130. The number of urea groups is 1. The standard InChI is InChI=1S/C15H23ClN4O/c1-4-6-10-18-14(17)19-15(21)20(3)13-11(5-2)8-7-9-12(13)16/h7-9H,4-6,10H2,1-3H3,(H3,17,18,19,21). The fraction of sp³-hybridized carbons (Fsp3) is 0.467. The third-order valence-corrected chi connectivity index (χ3v) is 3.43. The van der Waals surface area contributed by atoms with Gasteiger partial charge in [0.1, 0.15) is 0 Å². The number of carbonyl (C=O) groups excluding carboxylic acids is 1. The second-order valence-corrected chi connectivity index (χ2v) is 5.12. The van der Waals surface area contributed by atoms with Crippen molar-refractivity contribution in [3.8, 4) is 0 Å². The number of halogens is 1. The van der Waals surface area contributed by atoms with Gasteiger partial charge >= 0.3 is 6.03 Å². The first-order valence-electron chi connectivity index (χ1n) is 7.13. The van der Waals surface area contributed by atoms with E-state index in [0.717, 1.165) is 24.8 Å². The number of nitrogens with one attached hydrogen (secondary N) is 1. The number of para-hydroxylation sites is 1. The third-order valence-electron chi connectivity index (χ3n) is 3.12. The zero-order valence-electron chi connectivity index (χ0n) is 12.8. The number of nitrogens with two attached hydrogens (primary N) is 1. The van der Waals surface area contributed by atoms with E-state index >= 15 is 0 Å². The molecule has 0 bridgehead atoms. The molecular weight excluding hydrogens is 288 g/mol. The van der Waals surface area contributed by atoms with E-state index in [9.17, 15) is 4.79 Å². The summed E-state index contributed by atoms with van der Waals surface area (Å²) in [6.45, 7) is 4.70. The highest BCUT2D eigenvalue weighted by molar-refractivity contribution is 6.34. The largest absolute Gasteiger partial charge is 0.370 e. The Balaban J connectivity index is 2.82. The van der Waals surface area contributed by atoms with Crippen LogP contribution in [0.4, 0.5) is 10.5 Å². The number of benzene rings is 1. The van der Waals surface area contributed by atoms with Crippen molar-refractivity contribution in [2.24, 2.45) is 10.7 Å². The number of amides is 2. The summed E-state index contributed by atoms with van der Waals surface area (Å²) in [6.07, 6.45) is 2.76. The van der Waals surface area contributed by atoms with Crippen LogP contribution in [0.25, 0.3) is 0 Å². The van der Waals surface area contributed by atoms with Crippen LogP contribution in [-0.2, 0) is 6.42 Å². The highest BCUT2D eigenvalue weighted by Gasteiger charge is 2.17. The summed E-state index contributed by atoms with van der Waals surface area (Å²) < 4.78 is 0. The zero-order valence-corrected chi connectivity index (χ0v) is 13.6. The maximum Gasteiger partial charge on any atom is 0.328 e. The second-order valence-electron chi connectivity index (χ2n) is 4.71. The van der Waals surface area contributed by atoms with Crippen LogP contribution >= 0.6 is 11.6 Å². The highest BCUT2D eigenvalue weighted by atomic mass is 35.5. The molecule has 116 valence electrons. The number of rotatable bonds is 5. The second kappa shape index (κ2) is 8.52. The van der Waals surface area contributed by atoms with Crippen molar-refractivity contribution in [1.82, 2.24) is 5.32 Å². The van der Waals surface area contributed by atoms with E-state index in [4.69, 9.17) is 17.3 Å². The molecule has 0 radical (unpaired) electrons. The predicted octanol–water partition coefficient (Wildman–Crippen LogP) is 3.16. The van der Waals surface area contributed by atoms with Gasteiger partial charge in [0.05, 0.1) is 10.7 Å². The molecular formula is C15H23ClN4O. The monoisotopic (exact) mass is 310 g/mol. The molecule has 0 fully saturated rings. The molecule has 0 aliphatic carbocycles. The molecule has 0 aliphatic rings. The van der Waals surface area contributed by atoms with Gasteiger partial charge in [-0.05, 0) is 24.5 Å². The minimum atomic E-state index is -0.351. The van der Waals surface area contributed by atoms with Crippen LogP contribution in [-0.4, -0.2) is 25.6 Å². The number of nitrogens with zero attached hydrogens (tertiary/aromatic N) is 2. The van der Waals surface area contributed by atoms with E-state index < -0.39 is 0 Å². The van der Waals surface area contributed by atoms with Crippen LogP contribution in [0.3, 0.4) is 0 Å². The number of aryl methyl sites for hydroxylation is 1. The van der Waals surface area contributed by atoms with E-state index in [2.05, 4.69) is 17.2 Å². The average molecular weight is 311 g/mol. The molecule has 1 rings (SSSR count). The van der Waals surface area contributed by atoms with Gasteiger partial charge in [0, 0.05) is 13.6 Å². The maximum absolute atomic E-state index is 12.2. The molecule has 0 aliphatic heterocycles. The van der Waals surface area contributed by atoms with Crippen LogP contribution in [0.1, 0.15) is 32.3 Å². The maximum atomic E-state index is 12.2. The first-order chi connectivity index (χ1) is 10.0. The number of carbonyl (C=O) groups is 1. The van der Waals surface area contributed by atoms with Gasteiger partial charge in [-0.25, -0.2) is 4.79 Å². The molecule has 21 heavy (non-hydrogen) atoms. The Morgan fingerprint density at radius 2 is 2.14 bits per heavy atom. The molecule has 0 heterocycles. The van der Waals surface area contributed by atoms with Crippen LogP contribution in [0.15, 0.2) is 23.2 Å². The molecule has 1 aromatic carbocycles. The van der Waals surface area contributed by atoms with Crippen molar-refractivity contribution in [2.75, 3.05) is 18.5 Å².